The van der Waals surface area contributed by atoms with Gasteiger partial charge in [0.25, 0.3) is 0 Å². The molecule has 1 N–H and O–H groups in total. The molecule has 0 aliphatic heterocycles. The molecule has 0 atom stereocenters. The van der Waals surface area contributed by atoms with Crippen molar-refractivity contribution in [3.63, 3.8) is 0 Å². The summed E-state index contributed by atoms with van der Waals surface area (Å²) in [6, 6.07) is 12.1. The van der Waals surface area contributed by atoms with Crippen LogP contribution in [-0.4, -0.2) is 17.1 Å². The minimum Gasteiger partial charge on any atom is -0.390 e. The first-order valence-electron chi connectivity index (χ1n) is 6.49. The Hall–Kier alpha value is -1.91. The lowest BCUT2D eigenvalue weighted by Gasteiger charge is -2.21. The van der Waals surface area contributed by atoms with E-state index in [0.29, 0.717) is 5.69 Å². The van der Waals surface area contributed by atoms with Gasteiger partial charge in [-0.3, -0.25) is 4.98 Å². The molecule has 0 amide bonds. The lowest BCUT2D eigenvalue weighted by Crippen LogP contribution is -2.17. The van der Waals surface area contributed by atoms with E-state index in [1.807, 2.05) is 24.3 Å². The van der Waals surface area contributed by atoms with Crippen molar-refractivity contribution in [1.29, 1.82) is 0 Å². The number of thiophene rings is 1. The fourth-order valence-electron chi connectivity index (χ4n) is 2.35. The molecule has 4 heteroatoms. The number of hydrogen-bond donors (Lipinski definition) is 1. The minimum absolute atomic E-state index is 0.0376. The number of benzene rings is 1. The van der Waals surface area contributed by atoms with Crippen LogP contribution in [0.2, 0.25) is 0 Å². The standard InChI is InChI=1S/C16H16N2OS/c1-18(9-12-6-7-20-11-12)16-8-13(10-19)17-15-5-3-2-4-14(15)16/h2-8,11,19H,9-10H2,1H3. The SMILES string of the molecule is CN(Cc1ccsc1)c1cc(CO)nc2ccccc12. The summed E-state index contributed by atoms with van der Waals surface area (Å²) in [6.07, 6.45) is 0. The van der Waals surface area contributed by atoms with Gasteiger partial charge in [0.1, 0.15) is 0 Å². The van der Waals surface area contributed by atoms with E-state index >= 15 is 0 Å². The summed E-state index contributed by atoms with van der Waals surface area (Å²) in [7, 11) is 2.07. The molecular weight excluding hydrogens is 268 g/mol. The van der Waals surface area contributed by atoms with Crippen molar-refractivity contribution in [3.8, 4) is 0 Å². The number of aliphatic hydroxyl groups is 1. The number of para-hydroxylation sites is 1. The van der Waals surface area contributed by atoms with Gasteiger partial charge in [0.05, 0.1) is 17.8 Å². The van der Waals surface area contributed by atoms with Crippen molar-refractivity contribution in [2.45, 2.75) is 13.2 Å². The number of pyridine rings is 1. The smallest absolute Gasteiger partial charge is 0.0854 e. The molecule has 3 nitrogen and oxygen atoms in total. The van der Waals surface area contributed by atoms with E-state index in [0.717, 1.165) is 23.1 Å². The molecule has 0 unspecified atom stereocenters. The third kappa shape index (κ3) is 2.53. The quantitative estimate of drug-likeness (QED) is 0.797. The predicted molar refractivity (Wildman–Crippen MR) is 84.1 cm³/mol. The van der Waals surface area contributed by atoms with Crippen LogP contribution in [0.4, 0.5) is 5.69 Å². The zero-order chi connectivity index (χ0) is 13.9. The first kappa shape index (κ1) is 13.1. The highest BCUT2D eigenvalue weighted by atomic mass is 32.1. The Morgan fingerprint density at radius 2 is 2.10 bits per heavy atom. The normalized spacial score (nSPS) is 10.9. The van der Waals surface area contributed by atoms with Crippen LogP contribution in [0.15, 0.2) is 47.2 Å². The van der Waals surface area contributed by atoms with Gasteiger partial charge in [-0.25, -0.2) is 0 Å². The van der Waals surface area contributed by atoms with Crippen molar-refractivity contribution in [3.05, 3.63) is 58.4 Å². The molecule has 0 saturated carbocycles. The molecule has 2 heterocycles. The summed E-state index contributed by atoms with van der Waals surface area (Å²) in [5.41, 5.74) is 4.02. The van der Waals surface area contributed by atoms with Gasteiger partial charge in [-0.05, 0) is 34.5 Å². The fourth-order valence-corrected chi connectivity index (χ4v) is 3.01. The summed E-state index contributed by atoms with van der Waals surface area (Å²) < 4.78 is 0. The molecule has 0 spiro atoms. The maximum absolute atomic E-state index is 9.38. The molecule has 0 radical (unpaired) electrons. The van der Waals surface area contributed by atoms with E-state index in [4.69, 9.17) is 0 Å². The Morgan fingerprint density at radius 3 is 2.85 bits per heavy atom. The van der Waals surface area contributed by atoms with Gasteiger partial charge in [-0.2, -0.15) is 11.3 Å². The monoisotopic (exact) mass is 284 g/mol. The van der Waals surface area contributed by atoms with Gasteiger partial charge in [0.2, 0.25) is 0 Å². The zero-order valence-corrected chi connectivity index (χ0v) is 12.1. The van der Waals surface area contributed by atoms with Crippen molar-refractivity contribution in [2.24, 2.45) is 0 Å². The number of aliphatic hydroxyl groups excluding tert-OH is 1. The highest BCUT2D eigenvalue weighted by Gasteiger charge is 2.10. The second-order valence-electron chi connectivity index (χ2n) is 4.80. The van der Waals surface area contributed by atoms with Crippen LogP contribution in [0.1, 0.15) is 11.3 Å². The van der Waals surface area contributed by atoms with Gasteiger partial charge >= 0.3 is 0 Å². The zero-order valence-electron chi connectivity index (χ0n) is 11.3. The maximum Gasteiger partial charge on any atom is 0.0854 e. The van der Waals surface area contributed by atoms with Crippen LogP contribution in [0.5, 0.6) is 0 Å². The maximum atomic E-state index is 9.38. The molecule has 102 valence electrons. The van der Waals surface area contributed by atoms with Crippen molar-refractivity contribution in [1.82, 2.24) is 4.98 Å². The van der Waals surface area contributed by atoms with Crippen LogP contribution >= 0.6 is 11.3 Å². The molecular formula is C16H16N2OS. The average molecular weight is 284 g/mol. The molecule has 0 fully saturated rings. The molecule has 2 aromatic heterocycles. The topological polar surface area (TPSA) is 36.4 Å². The Balaban J connectivity index is 2.04. The van der Waals surface area contributed by atoms with Crippen molar-refractivity contribution in [2.75, 3.05) is 11.9 Å². The molecule has 20 heavy (non-hydrogen) atoms. The second-order valence-corrected chi connectivity index (χ2v) is 5.58. The van der Waals surface area contributed by atoms with E-state index in [1.165, 1.54) is 5.56 Å². The number of aromatic nitrogens is 1. The van der Waals surface area contributed by atoms with Gasteiger partial charge in [0, 0.05) is 24.7 Å². The Bertz CT molecular complexity index is 710. The van der Waals surface area contributed by atoms with E-state index in [2.05, 4.69) is 39.8 Å². The number of hydrogen-bond acceptors (Lipinski definition) is 4. The van der Waals surface area contributed by atoms with Gasteiger partial charge in [-0.15, -0.1) is 0 Å². The number of anilines is 1. The summed E-state index contributed by atoms with van der Waals surface area (Å²) in [5.74, 6) is 0. The van der Waals surface area contributed by atoms with Crippen LogP contribution < -0.4 is 4.90 Å². The second kappa shape index (κ2) is 5.61. The molecule has 0 aliphatic rings. The van der Waals surface area contributed by atoms with Gasteiger partial charge in [-0.1, -0.05) is 18.2 Å². The summed E-state index contributed by atoms with van der Waals surface area (Å²) in [4.78, 5) is 6.66. The third-order valence-corrected chi connectivity index (χ3v) is 4.05. The first-order valence-corrected chi connectivity index (χ1v) is 7.44. The lowest BCUT2D eigenvalue weighted by molar-refractivity contribution is 0.277. The Morgan fingerprint density at radius 1 is 1.25 bits per heavy atom. The number of nitrogens with zero attached hydrogens (tertiary/aromatic N) is 2. The Kier molecular flexibility index (Phi) is 3.67. The van der Waals surface area contributed by atoms with Crippen LogP contribution in [-0.2, 0) is 13.2 Å². The molecule has 3 aromatic rings. The molecule has 1 aromatic carbocycles. The van der Waals surface area contributed by atoms with E-state index in [9.17, 15) is 5.11 Å². The fraction of sp³-hybridized carbons (Fsp3) is 0.188. The van der Waals surface area contributed by atoms with E-state index in [1.54, 1.807) is 11.3 Å². The lowest BCUT2D eigenvalue weighted by atomic mass is 10.1. The Labute approximate surface area is 122 Å². The largest absolute Gasteiger partial charge is 0.390 e. The van der Waals surface area contributed by atoms with Crippen molar-refractivity contribution < 1.29 is 5.11 Å². The number of fused-ring (bicyclic) bond motifs is 1. The number of rotatable bonds is 4. The molecule has 3 rings (SSSR count). The average Bonchev–Trinajstić information content (AvgIpc) is 2.98. The van der Waals surface area contributed by atoms with Crippen LogP contribution in [0.3, 0.4) is 0 Å². The first-order chi connectivity index (χ1) is 9.78. The summed E-state index contributed by atoms with van der Waals surface area (Å²) in [5, 5.41) is 14.7. The third-order valence-electron chi connectivity index (χ3n) is 3.32. The molecule has 0 bridgehead atoms. The minimum atomic E-state index is -0.0376. The van der Waals surface area contributed by atoms with E-state index in [-0.39, 0.29) is 6.61 Å². The molecule has 0 aliphatic carbocycles. The summed E-state index contributed by atoms with van der Waals surface area (Å²) in [6.45, 7) is 0.812. The van der Waals surface area contributed by atoms with E-state index < -0.39 is 0 Å². The van der Waals surface area contributed by atoms with Crippen LogP contribution in [0, 0.1) is 0 Å². The predicted octanol–water partition coefficient (Wildman–Crippen LogP) is 3.43. The van der Waals surface area contributed by atoms with Crippen molar-refractivity contribution >= 4 is 27.9 Å². The summed E-state index contributed by atoms with van der Waals surface area (Å²) >= 11 is 1.71. The molecule has 0 saturated heterocycles. The highest BCUT2D eigenvalue weighted by Crippen LogP contribution is 2.27. The van der Waals surface area contributed by atoms with Gasteiger partial charge in [0.15, 0.2) is 0 Å². The highest BCUT2D eigenvalue weighted by molar-refractivity contribution is 7.07. The van der Waals surface area contributed by atoms with Gasteiger partial charge < -0.3 is 10.0 Å². The van der Waals surface area contributed by atoms with Crippen LogP contribution in [0.25, 0.3) is 10.9 Å².